The van der Waals surface area contributed by atoms with Gasteiger partial charge in [-0.3, -0.25) is 19.6 Å². The number of aryl methyl sites for hydroxylation is 1. The van der Waals surface area contributed by atoms with Crippen LogP contribution in [0.3, 0.4) is 0 Å². The van der Waals surface area contributed by atoms with E-state index in [2.05, 4.69) is 20.4 Å². The maximum absolute atomic E-state index is 13.3. The van der Waals surface area contributed by atoms with Gasteiger partial charge >= 0.3 is 0 Å². The number of aliphatic imine (C=N–C) groups is 1. The molecule has 1 aromatic carbocycles. The summed E-state index contributed by atoms with van der Waals surface area (Å²) in [5, 5.41) is 16.5. The van der Waals surface area contributed by atoms with Crippen LogP contribution in [0.2, 0.25) is 0 Å². The Morgan fingerprint density at radius 1 is 1.28 bits per heavy atom. The molecule has 1 saturated heterocycles. The third-order valence-electron chi connectivity index (χ3n) is 6.44. The van der Waals surface area contributed by atoms with Crippen molar-refractivity contribution >= 4 is 23.7 Å². The van der Waals surface area contributed by atoms with E-state index in [0.29, 0.717) is 18.7 Å². The SMILES string of the molecule is CC(C=N[C@H](C(=O)N1CCC[C@H]1C(=O)N[C@@H](CO)c1ccc(-c2ncccc2C)cc1)C(C)C)=NN. The topological polar surface area (TPSA) is 133 Å². The van der Waals surface area contributed by atoms with E-state index in [1.807, 2.05) is 57.2 Å². The van der Waals surface area contributed by atoms with E-state index in [1.54, 1.807) is 18.0 Å². The smallest absolute Gasteiger partial charge is 0.248 e. The van der Waals surface area contributed by atoms with E-state index in [-0.39, 0.29) is 24.3 Å². The van der Waals surface area contributed by atoms with Gasteiger partial charge in [0.05, 0.1) is 24.1 Å². The Kier molecular flexibility index (Phi) is 9.30. The molecule has 192 valence electrons. The van der Waals surface area contributed by atoms with Crippen molar-refractivity contribution in [3.63, 3.8) is 0 Å². The molecule has 4 N–H and O–H groups in total. The van der Waals surface area contributed by atoms with Crippen molar-refractivity contribution in [1.29, 1.82) is 0 Å². The van der Waals surface area contributed by atoms with Crippen molar-refractivity contribution in [2.24, 2.45) is 21.9 Å². The fourth-order valence-corrected chi connectivity index (χ4v) is 4.38. The molecule has 0 spiro atoms. The fourth-order valence-electron chi connectivity index (χ4n) is 4.38. The predicted molar refractivity (Wildman–Crippen MR) is 142 cm³/mol. The minimum atomic E-state index is -0.633. The minimum absolute atomic E-state index is 0.0601. The number of carbonyl (C=O) groups excluding carboxylic acids is 2. The molecule has 1 fully saturated rings. The highest BCUT2D eigenvalue weighted by Gasteiger charge is 2.38. The molecule has 1 aliphatic rings. The van der Waals surface area contributed by atoms with Gasteiger partial charge in [0.25, 0.3) is 0 Å². The number of hydrazone groups is 1. The molecule has 2 heterocycles. The summed E-state index contributed by atoms with van der Waals surface area (Å²) in [6.45, 7) is 7.77. The molecule has 0 unspecified atom stereocenters. The third kappa shape index (κ3) is 6.34. The lowest BCUT2D eigenvalue weighted by molar-refractivity contribution is -0.140. The second-order valence-electron chi connectivity index (χ2n) is 9.46. The number of nitrogens with two attached hydrogens (primary N) is 1. The number of benzene rings is 1. The van der Waals surface area contributed by atoms with E-state index in [4.69, 9.17) is 5.84 Å². The van der Waals surface area contributed by atoms with Gasteiger partial charge in [-0.15, -0.1) is 0 Å². The van der Waals surface area contributed by atoms with Gasteiger partial charge in [0.1, 0.15) is 12.1 Å². The molecule has 2 aromatic rings. The summed E-state index contributed by atoms with van der Waals surface area (Å²) < 4.78 is 0. The molecule has 0 radical (unpaired) electrons. The Morgan fingerprint density at radius 3 is 2.61 bits per heavy atom. The standard InChI is InChI=1S/C27H36N6O3/c1-17(2)24(30-15-19(4)32-28)27(36)33-14-6-8-23(33)26(35)31-22(16-34)20-9-11-21(12-10-20)25-18(3)7-5-13-29-25/h5,7,9-13,15,17,22-24,34H,6,8,14,16,28H2,1-4H3,(H,31,35)/t22-,23-,24-/m0/s1. The van der Waals surface area contributed by atoms with Crippen LogP contribution in [-0.4, -0.2) is 64.0 Å². The van der Waals surface area contributed by atoms with Gasteiger partial charge in [-0.05, 0) is 49.8 Å². The molecule has 3 rings (SSSR count). The Hall–Kier alpha value is -3.59. The maximum Gasteiger partial charge on any atom is 0.248 e. The lowest BCUT2D eigenvalue weighted by Crippen LogP contribution is -2.50. The number of nitrogens with one attached hydrogen (secondary N) is 1. The highest BCUT2D eigenvalue weighted by atomic mass is 16.3. The average molecular weight is 493 g/mol. The van der Waals surface area contributed by atoms with Gasteiger partial charge in [-0.2, -0.15) is 5.10 Å². The summed E-state index contributed by atoms with van der Waals surface area (Å²) >= 11 is 0. The summed E-state index contributed by atoms with van der Waals surface area (Å²) in [7, 11) is 0. The molecule has 0 bridgehead atoms. The summed E-state index contributed by atoms with van der Waals surface area (Å²) in [4.78, 5) is 37.0. The normalized spacial score (nSPS) is 18.0. The van der Waals surface area contributed by atoms with E-state index in [1.165, 1.54) is 6.21 Å². The zero-order valence-corrected chi connectivity index (χ0v) is 21.4. The molecule has 9 nitrogen and oxygen atoms in total. The number of aromatic nitrogens is 1. The number of rotatable bonds is 9. The highest BCUT2D eigenvalue weighted by molar-refractivity contribution is 6.29. The van der Waals surface area contributed by atoms with Crippen LogP contribution < -0.4 is 11.2 Å². The fraction of sp³-hybridized carbons (Fsp3) is 0.444. The number of aliphatic hydroxyl groups excluding tert-OH is 1. The number of pyridine rings is 1. The van der Waals surface area contributed by atoms with Gasteiger partial charge < -0.3 is 21.2 Å². The van der Waals surface area contributed by atoms with E-state index in [0.717, 1.165) is 28.8 Å². The first kappa shape index (κ1) is 27.0. The molecule has 36 heavy (non-hydrogen) atoms. The number of aliphatic hydroxyl groups is 1. The van der Waals surface area contributed by atoms with Crippen LogP contribution in [0, 0.1) is 12.8 Å². The van der Waals surface area contributed by atoms with Gasteiger partial charge in [-0.1, -0.05) is 44.2 Å². The molecular weight excluding hydrogens is 456 g/mol. The quantitative estimate of drug-likeness (QED) is 0.281. The number of amides is 2. The predicted octanol–water partition coefficient (Wildman–Crippen LogP) is 2.63. The maximum atomic E-state index is 13.3. The summed E-state index contributed by atoms with van der Waals surface area (Å²) in [5.41, 5.74) is 4.21. The van der Waals surface area contributed by atoms with Crippen molar-refractivity contribution in [3.05, 3.63) is 53.7 Å². The van der Waals surface area contributed by atoms with Crippen LogP contribution in [0.4, 0.5) is 0 Å². The lowest BCUT2D eigenvalue weighted by Gasteiger charge is -2.29. The molecule has 1 aliphatic heterocycles. The highest BCUT2D eigenvalue weighted by Crippen LogP contribution is 2.25. The Balaban J connectivity index is 1.72. The van der Waals surface area contributed by atoms with Crippen molar-refractivity contribution in [2.75, 3.05) is 13.2 Å². The zero-order valence-electron chi connectivity index (χ0n) is 21.4. The molecule has 0 aliphatic carbocycles. The molecule has 3 atom stereocenters. The lowest BCUT2D eigenvalue weighted by atomic mass is 10.0. The van der Waals surface area contributed by atoms with Gasteiger partial charge in [0, 0.05) is 24.5 Å². The van der Waals surface area contributed by atoms with Crippen LogP contribution in [-0.2, 0) is 9.59 Å². The molecule has 2 amide bonds. The van der Waals surface area contributed by atoms with Crippen molar-refractivity contribution in [2.45, 2.75) is 58.7 Å². The average Bonchev–Trinajstić information content (AvgIpc) is 3.37. The van der Waals surface area contributed by atoms with E-state index < -0.39 is 18.1 Å². The van der Waals surface area contributed by atoms with Gasteiger partial charge in [0.2, 0.25) is 11.8 Å². The number of carbonyl (C=O) groups is 2. The number of hydrogen-bond donors (Lipinski definition) is 3. The number of nitrogens with zero attached hydrogens (tertiary/aromatic N) is 4. The van der Waals surface area contributed by atoms with Gasteiger partial charge in [0.15, 0.2) is 0 Å². The van der Waals surface area contributed by atoms with Crippen LogP contribution >= 0.6 is 0 Å². The van der Waals surface area contributed by atoms with Gasteiger partial charge in [-0.25, -0.2) is 0 Å². The van der Waals surface area contributed by atoms with Crippen LogP contribution in [0.5, 0.6) is 0 Å². The minimum Gasteiger partial charge on any atom is -0.394 e. The van der Waals surface area contributed by atoms with Crippen molar-refractivity contribution in [3.8, 4) is 11.3 Å². The summed E-state index contributed by atoms with van der Waals surface area (Å²) in [6, 6.07) is 9.70. The second kappa shape index (κ2) is 12.4. The molecular formula is C27H36N6O3. The zero-order chi connectivity index (χ0) is 26.2. The van der Waals surface area contributed by atoms with Crippen molar-refractivity contribution < 1.29 is 14.7 Å². The number of likely N-dealkylation sites (tertiary alicyclic amines) is 1. The molecule has 9 heteroatoms. The first-order valence-electron chi connectivity index (χ1n) is 12.3. The third-order valence-corrected chi connectivity index (χ3v) is 6.44. The molecule has 1 aromatic heterocycles. The summed E-state index contributed by atoms with van der Waals surface area (Å²) in [6.07, 6.45) is 4.53. The first-order valence-corrected chi connectivity index (χ1v) is 12.3. The first-order chi connectivity index (χ1) is 17.3. The van der Waals surface area contributed by atoms with Crippen LogP contribution in [0.15, 0.2) is 52.7 Å². The largest absolute Gasteiger partial charge is 0.394 e. The Morgan fingerprint density at radius 2 is 2.00 bits per heavy atom. The monoisotopic (exact) mass is 492 g/mol. The number of hydrogen-bond acceptors (Lipinski definition) is 7. The van der Waals surface area contributed by atoms with Crippen LogP contribution in [0.25, 0.3) is 11.3 Å². The second-order valence-corrected chi connectivity index (χ2v) is 9.46. The van der Waals surface area contributed by atoms with E-state index >= 15 is 0 Å². The summed E-state index contributed by atoms with van der Waals surface area (Å²) in [5.74, 6) is 4.73. The van der Waals surface area contributed by atoms with Crippen molar-refractivity contribution in [1.82, 2.24) is 15.2 Å². The molecule has 0 saturated carbocycles. The Bertz CT molecular complexity index is 1110. The van der Waals surface area contributed by atoms with E-state index in [9.17, 15) is 14.7 Å². The van der Waals surface area contributed by atoms with Crippen LogP contribution in [0.1, 0.15) is 50.8 Å². The Labute approximate surface area is 212 Å².